The van der Waals surface area contributed by atoms with Crippen molar-refractivity contribution in [3.63, 3.8) is 0 Å². The molecule has 3 rings (SSSR count). The fourth-order valence-electron chi connectivity index (χ4n) is 4.01. The molecule has 0 aromatic heterocycles. The van der Waals surface area contributed by atoms with E-state index >= 15 is 0 Å². The van der Waals surface area contributed by atoms with E-state index in [1.807, 2.05) is 0 Å². The summed E-state index contributed by atoms with van der Waals surface area (Å²) in [6.45, 7) is 3.85. The first-order valence-corrected chi connectivity index (χ1v) is 7.32. The maximum atomic E-state index is 12.9. The fourth-order valence-corrected chi connectivity index (χ4v) is 4.01. The monoisotopic (exact) mass is 258 g/mol. The highest BCUT2D eigenvalue weighted by atomic mass is 19.3. The highest BCUT2D eigenvalue weighted by Crippen LogP contribution is 2.46. The van der Waals surface area contributed by atoms with Gasteiger partial charge in [0.15, 0.2) is 0 Å². The Morgan fingerprint density at radius 3 is 2.50 bits per heavy atom. The van der Waals surface area contributed by atoms with Gasteiger partial charge in [-0.05, 0) is 38.5 Å². The van der Waals surface area contributed by atoms with Gasteiger partial charge < -0.3 is 5.32 Å². The molecule has 2 nitrogen and oxygen atoms in total. The standard InChI is InChI=1S/C14H24F2N2/c1-13(11-4-5-11)9-17-14(6-2-3-7-14)10-18(13)8-12(15)16/h11-12,17H,2-10H2,1H3. The van der Waals surface area contributed by atoms with Gasteiger partial charge in [-0.15, -0.1) is 0 Å². The molecule has 1 spiro atoms. The van der Waals surface area contributed by atoms with Crippen LogP contribution in [0, 0.1) is 5.92 Å². The second kappa shape index (κ2) is 4.41. The Kier molecular flexibility index (Phi) is 3.14. The van der Waals surface area contributed by atoms with Crippen LogP contribution in [-0.4, -0.2) is 42.0 Å². The van der Waals surface area contributed by atoms with E-state index in [0.29, 0.717) is 5.92 Å². The quantitative estimate of drug-likeness (QED) is 0.837. The van der Waals surface area contributed by atoms with Gasteiger partial charge in [-0.1, -0.05) is 12.8 Å². The molecule has 104 valence electrons. The fraction of sp³-hybridized carbons (Fsp3) is 1.00. The Labute approximate surface area is 108 Å². The van der Waals surface area contributed by atoms with Crippen LogP contribution in [0.3, 0.4) is 0 Å². The van der Waals surface area contributed by atoms with E-state index in [9.17, 15) is 8.78 Å². The van der Waals surface area contributed by atoms with Crippen LogP contribution >= 0.6 is 0 Å². The maximum absolute atomic E-state index is 12.9. The Hall–Kier alpha value is -0.220. The van der Waals surface area contributed by atoms with Crippen LogP contribution in [0.2, 0.25) is 0 Å². The normalized spacial score (nSPS) is 36.7. The Morgan fingerprint density at radius 1 is 1.28 bits per heavy atom. The van der Waals surface area contributed by atoms with Gasteiger partial charge in [-0.2, -0.15) is 0 Å². The molecule has 1 unspecified atom stereocenters. The third-order valence-electron chi connectivity index (χ3n) is 5.41. The number of nitrogens with one attached hydrogen (secondary N) is 1. The molecule has 3 aliphatic rings. The minimum Gasteiger partial charge on any atom is -0.308 e. The number of nitrogens with zero attached hydrogens (tertiary/aromatic N) is 1. The summed E-state index contributed by atoms with van der Waals surface area (Å²) in [6, 6.07) is 0. The molecule has 4 heteroatoms. The lowest BCUT2D eigenvalue weighted by atomic mass is 9.83. The summed E-state index contributed by atoms with van der Waals surface area (Å²) in [5.74, 6) is 0.627. The molecule has 0 radical (unpaired) electrons. The first-order valence-electron chi connectivity index (χ1n) is 7.32. The van der Waals surface area contributed by atoms with Crippen LogP contribution in [0.4, 0.5) is 8.78 Å². The molecule has 3 fully saturated rings. The number of hydrogen-bond donors (Lipinski definition) is 1. The number of halogens is 2. The molecule has 1 saturated heterocycles. The van der Waals surface area contributed by atoms with Gasteiger partial charge in [0.05, 0.1) is 6.54 Å². The van der Waals surface area contributed by atoms with Gasteiger partial charge in [0.1, 0.15) is 0 Å². The van der Waals surface area contributed by atoms with Crippen molar-refractivity contribution >= 4 is 0 Å². The maximum Gasteiger partial charge on any atom is 0.251 e. The van der Waals surface area contributed by atoms with Crippen LogP contribution in [-0.2, 0) is 0 Å². The Bertz CT molecular complexity index is 311. The van der Waals surface area contributed by atoms with Crippen molar-refractivity contribution < 1.29 is 8.78 Å². The first kappa shape index (κ1) is 12.8. The molecule has 18 heavy (non-hydrogen) atoms. The lowest BCUT2D eigenvalue weighted by molar-refractivity contribution is -0.0340. The number of hydrogen-bond acceptors (Lipinski definition) is 2. The van der Waals surface area contributed by atoms with Crippen molar-refractivity contribution in [2.24, 2.45) is 5.92 Å². The summed E-state index contributed by atoms with van der Waals surface area (Å²) in [5.41, 5.74) is 0.105. The molecule has 0 amide bonds. The predicted molar refractivity (Wildman–Crippen MR) is 67.9 cm³/mol. The summed E-state index contributed by atoms with van der Waals surface area (Å²) < 4.78 is 25.7. The molecule has 0 aromatic carbocycles. The van der Waals surface area contributed by atoms with Gasteiger partial charge in [0.25, 0.3) is 6.43 Å². The molecule has 1 aliphatic heterocycles. The zero-order valence-corrected chi connectivity index (χ0v) is 11.2. The molecule has 0 aromatic rings. The lowest BCUT2D eigenvalue weighted by Crippen LogP contribution is -2.69. The number of piperazine rings is 1. The van der Waals surface area contributed by atoms with E-state index in [0.717, 1.165) is 25.9 Å². The van der Waals surface area contributed by atoms with Crippen molar-refractivity contribution in [1.29, 1.82) is 0 Å². The second-order valence-corrected chi connectivity index (χ2v) is 6.74. The minimum atomic E-state index is -2.21. The molecular formula is C14H24F2N2. The summed E-state index contributed by atoms with van der Waals surface area (Å²) in [4.78, 5) is 2.11. The van der Waals surface area contributed by atoms with Gasteiger partial charge >= 0.3 is 0 Å². The highest BCUT2D eigenvalue weighted by Gasteiger charge is 2.52. The van der Waals surface area contributed by atoms with E-state index in [-0.39, 0.29) is 17.6 Å². The van der Waals surface area contributed by atoms with Crippen molar-refractivity contribution in [3.05, 3.63) is 0 Å². The van der Waals surface area contributed by atoms with Crippen molar-refractivity contribution in [2.45, 2.75) is 63.0 Å². The average Bonchev–Trinajstić information content (AvgIpc) is 3.07. The molecule has 2 aliphatic carbocycles. The van der Waals surface area contributed by atoms with E-state index in [1.54, 1.807) is 0 Å². The smallest absolute Gasteiger partial charge is 0.251 e. The van der Waals surface area contributed by atoms with Gasteiger partial charge in [0.2, 0.25) is 0 Å². The number of rotatable bonds is 3. The second-order valence-electron chi connectivity index (χ2n) is 6.74. The van der Waals surface area contributed by atoms with Crippen LogP contribution < -0.4 is 5.32 Å². The zero-order chi connectivity index (χ0) is 12.8. The molecule has 1 heterocycles. The predicted octanol–water partition coefficient (Wildman–Crippen LogP) is 2.64. The third-order valence-corrected chi connectivity index (χ3v) is 5.41. The largest absolute Gasteiger partial charge is 0.308 e. The third kappa shape index (κ3) is 2.18. The van der Waals surface area contributed by atoms with E-state index < -0.39 is 6.43 Å². The van der Waals surface area contributed by atoms with E-state index in [2.05, 4.69) is 17.1 Å². The van der Waals surface area contributed by atoms with Crippen molar-refractivity contribution in [2.75, 3.05) is 19.6 Å². The SMILES string of the molecule is CC1(C2CC2)CNC2(CCCC2)CN1CC(F)F. The topological polar surface area (TPSA) is 15.3 Å². The minimum absolute atomic E-state index is 0.0374. The highest BCUT2D eigenvalue weighted by molar-refractivity contribution is 5.10. The zero-order valence-electron chi connectivity index (χ0n) is 11.2. The van der Waals surface area contributed by atoms with Crippen LogP contribution in [0.25, 0.3) is 0 Å². The van der Waals surface area contributed by atoms with Crippen molar-refractivity contribution in [1.82, 2.24) is 10.2 Å². The molecule has 1 N–H and O–H groups in total. The number of alkyl halides is 2. The molecular weight excluding hydrogens is 234 g/mol. The summed E-state index contributed by atoms with van der Waals surface area (Å²) in [7, 11) is 0. The molecule has 2 saturated carbocycles. The summed E-state index contributed by atoms with van der Waals surface area (Å²) in [5, 5.41) is 3.72. The Morgan fingerprint density at radius 2 is 1.94 bits per heavy atom. The van der Waals surface area contributed by atoms with Gasteiger partial charge in [-0.25, -0.2) is 8.78 Å². The van der Waals surface area contributed by atoms with Crippen molar-refractivity contribution in [3.8, 4) is 0 Å². The average molecular weight is 258 g/mol. The van der Waals surface area contributed by atoms with Gasteiger partial charge in [0, 0.05) is 24.2 Å². The van der Waals surface area contributed by atoms with Crippen LogP contribution in [0.5, 0.6) is 0 Å². The Balaban J connectivity index is 1.76. The van der Waals surface area contributed by atoms with E-state index in [4.69, 9.17) is 0 Å². The molecule has 0 bridgehead atoms. The van der Waals surface area contributed by atoms with Crippen LogP contribution in [0.1, 0.15) is 45.4 Å². The summed E-state index contributed by atoms with van der Waals surface area (Å²) in [6.07, 6.45) is 5.03. The molecule has 1 atom stereocenters. The van der Waals surface area contributed by atoms with Crippen LogP contribution in [0.15, 0.2) is 0 Å². The first-order chi connectivity index (χ1) is 8.54. The van der Waals surface area contributed by atoms with E-state index in [1.165, 1.54) is 25.7 Å². The summed E-state index contributed by atoms with van der Waals surface area (Å²) >= 11 is 0. The lowest BCUT2D eigenvalue weighted by Gasteiger charge is -2.53. The van der Waals surface area contributed by atoms with Gasteiger partial charge in [-0.3, -0.25) is 4.90 Å².